The van der Waals surface area contributed by atoms with Gasteiger partial charge in [-0.1, -0.05) is 12.1 Å². The second-order valence-corrected chi connectivity index (χ2v) is 4.50. The van der Waals surface area contributed by atoms with Crippen LogP contribution in [0.15, 0.2) is 24.3 Å². The van der Waals surface area contributed by atoms with Crippen molar-refractivity contribution in [3.63, 3.8) is 0 Å². The van der Waals surface area contributed by atoms with Gasteiger partial charge in [0.05, 0.1) is 17.5 Å². The summed E-state index contributed by atoms with van der Waals surface area (Å²) in [5, 5.41) is 0. The number of hydrogen-bond acceptors (Lipinski definition) is 2. The Kier molecular flexibility index (Phi) is 2.06. The summed E-state index contributed by atoms with van der Waals surface area (Å²) in [5.41, 5.74) is 2.17. The number of Topliss-reactive ketones (excluding diaryl/α,β-unsaturated/α-hetero) is 1. The van der Waals surface area contributed by atoms with Crippen molar-refractivity contribution >= 4 is 16.8 Å². The van der Waals surface area contributed by atoms with E-state index in [2.05, 4.69) is 15.6 Å². The number of ketones is 1. The third kappa shape index (κ3) is 1.52. The quantitative estimate of drug-likeness (QED) is 0.786. The lowest BCUT2D eigenvalue weighted by Crippen LogP contribution is -2.06. The van der Waals surface area contributed by atoms with Crippen molar-refractivity contribution in [2.24, 2.45) is 0 Å². The van der Waals surface area contributed by atoms with Crippen LogP contribution in [0.4, 0.5) is 0 Å². The average Bonchev–Trinajstić information content (AvgIpc) is 3.00. The molecule has 2 aromatic rings. The minimum Gasteiger partial charge on any atom is -0.324 e. The van der Waals surface area contributed by atoms with Gasteiger partial charge in [0.1, 0.15) is 11.6 Å². The smallest absolute Gasteiger partial charge is 0.137 e. The normalized spacial score (nSPS) is 15.6. The molecule has 3 rings (SSSR count). The van der Waals surface area contributed by atoms with Crippen LogP contribution in [0.3, 0.4) is 0 Å². The summed E-state index contributed by atoms with van der Waals surface area (Å²) in [6.07, 6.45) is 2.88. The van der Waals surface area contributed by atoms with Gasteiger partial charge in [-0.2, -0.15) is 0 Å². The molecule has 0 saturated heterocycles. The lowest BCUT2D eigenvalue weighted by molar-refractivity contribution is -0.116. The Hall–Kier alpha value is -1.64. The molecule has 1 saturated carbocycles. The van der Waals surface area contributed by atoms with Crippen LogP contribution in [0.5, 0.6) is 0 Å². The summed E-state index contributed by atoms with van der Waals surface area (Å²) >= 11 is 0. The Morgan fingerprint density at radius 1 is 1.44 bits per heavy atom. The summed E-state index contributed by atoms with van der Waals surface area (Å²) in [6.45, 7) is 1.62. The van der Waals surface area contributed by atoms with Gasteiger partial charge in [-0.15, -0.1) is 0 Å². The van der Waals surface area contributed by atoms with E-state index in [1.807, 2.05) is 18.2 Å². The molecule has 16 heavy (non-hydrogen) atoms. The topological polar surface area (TPSA) is 34.9 Å². The predicted octanol–water partition coefficient (Wildman–Crippen LogP) is 2.50. The number of carbonyl (C=O) groups is 1. The summed E-state index contributed by atoms with van der Waals surface area (Å²) in [5.74, 6) is 1.11. The van der Waals surface area contributed by atoms with E-state index < -0.39 is 0 Å². The second kappa shape index (κ2) is 3.44. The minimum absolute atomic E-state index is 0.178. The molecule has 82 valence electrons. The van der Waals surface area contributed by atoms with Gasteiger partial charge >= 0.3 is 0 Å². The molecule has 0 bridgehead atoms. The Balaban J connectivity index is 2.18. The zero-order valence-corrected chi connectivity index (χ0v) is 9.31. The van der Waals surface area contributed by atoms with Crippen LogP contribution in [0, 0.1) is 0 Å². The Morgan fingerprint density at radius 3 is 2.88 bits per heavy atom. The number of imidazole rings is 1. The molecule has 0 unspecified atom stereocenters. The number of benzene rings is 1. The first-order chi connectivity index (χ1) is 7.75. The van der Waals surface area contributed by atoms with E-state index >= 15 is 0 Å². The number of rotatable bonds is 3. The summed E-state index contributed by atoms with van der Waals surface area (Å²) in [4.78, 5) is 15.8. The first kappa shape index (κ1) is 9.58. The van der Waals surface area contributed by atoms with E-state index in [4.69, 9.17) is 0 Å². The number of para-hydroxylation sites is 2. The van der Waals surface area contributed by atoms with Crippen molar-refractivity contribution in [1.29, 1.82) is 0 Å². The zero-order chi connectivity index (χ0) is 11.1. The molecule has 0 atom stereocenters. The van der Waals surface area contributed by atoms with Gasteiger partial charge in [0, 0.05) is 6.04 Å². The molecule has 1 aromatic heterocycles. The maximum Gasteiger partial charge on any atom is 0.137 e. The van der Waals surface area contributed by atoms with Gasteiger partial charge in [0.25, 0.3) is 0 Å². The fraction of sp³-hybridized carbons (Fsp3) is 0.385. The van der Waals surface area contributed by atoms with Crippen LogP contribution in [-0.4, -0.2) is 15.3 Å². The monoisotopic (exact) mass is 214 g/mol. The largest absolute Gasteiger partial charge is 0.324 e. The molecule has 0 N–H and O–H groups in total. The van der Waals surface area contributed by atoms with Gasteiger partial charge in [-0.3, -0.25) is 4.79 Å². The van der Waals surface area contributed by atoms with Gasteiger partial charge < -0.3 is 4.57 Å². The van der Waals surface area contributed by atoms with Crippen molar-refractivity contribution in [2.45, 2.75) is 32.2 Å². The second-order valence-electron chi connectivity index (χ2n) is 4.50. The van der Waals surface area contributed by atoms with Crippen molar-refractivity contribution < 1.29 is 4.79 Å². The van der Waals surface area contributed by atoms with Crippen molar-refractivity contribution in [2.75, 3.05) is 0 Å². The molecular formula is C13H14N2O. The average molecular weight is 214 g/mol. The van der Waals surface area contributed by atoms with Crippen molar-refractivity contribution in [3.05, 3.63) is 30.1 Å². The first-order valence-corrected chi connectivity index (χ1v) is 5.71. The van der Waals surface area contributed by atoms with E-state index in [0.717, 1.165) is 11.3 Å². The summed E-state index contributed by atoms with van der Waals surface area (Å²) in [6, 6.07) is 8.69. The van der Waals surface area contributed by atoms with E-state index in [-0.39, 0.29) is 5.78 Å². The van der Waals surface area contributed by atoms with E-state index in [1.165, 1.54) is 18.4 Å². The molecule has 3 nitrogen and oxygen atoms in total. The number of hydrogen-bond donors (Lipinski definition) is 0. The van der Waals surface area contributed by atoms with E-state index in [0.29, 0.717) is 12.5 Å². The molecule has 0 aliphatic heterocycles. The molecule has 1 aromatic carbocycles. The summed E-state index contributed by atoms with van der Waals surface area (Å²) in [7, 11) is 0. The minimum atomic E-state index is 0.178. The van der Waals surface area contributed by atoms with Crippen LogP contribution in [0.25, 0.3) is 11.0 Å². The molecule has 3 heteroatoms. The number of aromatic nitrogens is 2. The van der Waals surface area contributed by atoms with Crippen LogP contribution in [0.2, 0.25) is 0 Å². The number of nitrogens with zero attached hydrogens (tertiary/aromatic N) is 2. The first-order valence-electron chi connectivity index (χ1n) is 5.71. The molecule has 0 amide bonds. The lowest BCUT2D eigenvalue weighted by Gasteiger charge is -2.05. The predicted molar refractivity (Wildman–Crippen MR) is 62.4 cm³/mol. The maximum absolute atomic E-state index is 11.2. The molecule has 1 aliphatic carbocycles. The van der Waals surface area contributed by atoms with Crippen molar-refractivity contribution in [1.82, 2.24) is 9.55 Å². The highest BCUT2D eigenvalue weighted by Gasteiger charge is 2.28. The Morgan fingerprint density at radius 2 is 2.19 bits per heavy atom. The van der Waals surface area contributed by atoms with Crippen LogP contribution >= 0.6 is 0 Å². The maximum atomic E-state index is 11.2. The Labute approximate surface area is 94.1 Å². The van der Waals surface area contributed by atoms with Crippen LogP contribution < -0.4 is 0 Å². The number of fused-ring (bicyclic) bond motifs is 1. The fourth-order valence-electron chi connectivity index (χ4n) is 2.18. The molecule has 0 spiro atoms. The molecule has 1 fully saturated rings. The molecule has 1 aliphatic rings. The Bertz CT molecular complexity index is 552. The van der Waals surface area contributed by atoms with E-state index in [1.54, 1.807) is 6.92 Å². The van der Waals surface area contributed by atoms with Gasteiger partial charge in [0.15, 0.2) is 0 Å². The SMILES string of the molecule is CC(=O)Cc1nc2ccccc2n1C1CC1. The van der Waals surface area contributed by atoms with Crippen LogP contribution in [0.1, 0.15) is 31.6 Å². The molecular weight excluding hydrogens is 200 g/mol. The van der Waals surface area contributed by atoms with Crippen LogP contribution in [-0.2, 0) is 11.2 Å². The highest BCUT2D eigenvalue weighted by molar-refractivity contribution is 5.81. The third-order valence-corrected chi connectivity index (χ3v) is 2.99. The molecule has 1 heterocycles. The third-order valence-electron chi connectivity index (χ3n) is 2.99. The number of carbonyl (C=O) groups excluding carboxylic acids is 1. The van der Waals surface area contributed by atoms with Gasteiger partial charge in [0.2, 0.25) is 0 Å². The highest BCUT2D eigenvalue weighted by atomic mass is 16.1. The fourth-order valence-corrected chi connectivity index (χ4v) is 2.18. The highest BCUT2D eigenvalue weighted by Crippen LogP contribution is 2.38. The van der Waals surface area contributed by atoms with Gasteiger partial charge in [-0.25, -0.2) is 4.98 Å². The van der Waals surface area contributed by atoms with E-state index in [9.17, 15) is 4.79 Å². The standard InChI is InChI=1S/C13H14N2O/c1-9(16)8-13-14-11-4-2-3-5-12(11)15(13)10-6-7-10/h2-5,10H,6-8H2,1H3. The lowest BCUT2D eigenvalue weighted by atomic mass is 10.3. The molecule has 0 radical (unpaired) electrons. The van der Waals surface area contributed by atoms with Crippen molar-refractivity contribution in [3.8, 4) is 0 Å². The zero-order valence-electron chi connectivity index (χ0n) is 9.31. The summed E-state index contributed by atoms with van der Waals surface area (Å²) < 4.78 is 2.25. The van der Waals surface area contributed by atoms with Gasteiger partial charge in [-0.05, 0) is 31.9 Å².